The fourth-order valence-electron chi connectivity index (χ4n) is 1.97. The first kappa shape index (κ1) is 12.1. The highest BCUT2D eigenvalue weighted by Gasteiger charge is 2.21. The summed E-state index contributed by atoms with van der Waals surface area (Å²) in [6.45, 7) is 2.33. The Hall–Kier alpha value is -1.39. The average Bonchev–Trinajstić information content (AvgIpc) is 2.90. The highest BCUT2D eigenvalue weighted by molar-refractivity contribution is 5.79. The standard InChI is InChI=1S/C13H18N2O2/c16-9-11-3-1-10(2-4-11)7-15-13(17)12-5-6-14-8-12/h1-4,12,14,16H,5-9H2,(H,15,17). The molecule has 2 rings (SSSR count). The summed E-state index contributed by atoms with van der Waals surface area (Å²) < 4.78 is 0. The molecule has 4 nitrogen and oxygen atoms in total. The van der Waals surface area contributed by atoms with Gasteiger partial charge in [-0.1, -0.05) is 24.3 Å². The SMILES string of the molecule is O=C(NCc1ccc(CO)cc1)C1CCNC1. The minimum Gasteiger partial charge on any atom is -0.392 e. The Bertz CT molecular complexity index is 370. The maximum atomic E-state index is 11.8. The predicted molar refractivity (Wildman–Crippen MR) is 65.2 cm³/mol. The summed E-state index contributed by atoms with van der Waals surface area (Å²) in [5, 5.41) is 15.0. The maximum Gasteiger partial charge on any atom is 0.224 e. The van der Waals surface area contributed by atoms with Crippen molar-refractivity contribution in [3.05, 3.63) is 35.4 Å². The summed E-state index contributed by atoms with van der Waals surface area (Å²) in [5.74, 6) is 0.243. The first-order valence-electron chi connectivity index (χ1n) is 5.96. The van der Waals surface area contributed by atoms with Crippen LogP contribution in [0.1, 0.15) is 17.5 Å². The predicted octanol–water partition coefficient (Wildman–Crippen LogP) is 0.405. The third kappa shape index (κ3) is 3.28. The Morgan fingerprint density at radius 2 is 2.06 bits per heavy atom. The zero-order valence-corrected chi connectivity index (χ0v) is 9.78. The van der Waals surface area contributed by atoms with Crippen LogP contribution in [0.5, 0.6) is 0 Å². The van der Waals surface area contributed by atoms with Gasteiger partial charge in [0.1, 0.15) is 0 Å². The second kappa shape index (κ2) is 5.80. The topological polar surface area (TPSA) is 61.4 Å². The van der Waals surface area contributed by atoms with Crippen LogP contribution < -0.4 is 10.6 Å². The van der Waals surface area contributed by atoms with Crippen LogP contribution in [0.15, 0.2) is 24.3 Å². The highest BCUT2D eigenvalue weighted by Crippen LogP contribution is 2.08. The maximum absolute atomic E-state index is 11.8. The third-order valence-corrected chi connectivity index (χ3v) is 3.10. The van der Waals surface area contributed by atoms with Gasteiger partial charge in [-0.25, -0.2) is 0 Å². The fraction of sp³-hybridized carbons (Fsp3) is 0.462. The summed E-state index contributed by atoms with van der Waals surface area (Å²) in [6, 6.07) is 7.61. The molecule has 3 N–H and O–H groups in total. The Kier molecular flexibility index (Phi) is 4.12. The van der Waals surface area contributed by atoms with Gasteiger partial charge in [0.15, 0.2) is 0 Å². The van der Waals surface area contributed by atoms with Gasteiger partial charge < -0.3 is 15.7 Å². The lowest BCUT2D eigenvalue weighted by molar-refractivity contribution is -0.124. The van der Waals surface area contributed by atoms with Crippen LogP contribution in [0.25, 0.3) is 0 Å². The molecular weight excluding hydrogens is 216 g/mol. The van der Waals surface area contributed by atoms with E-state index in [1.165, 1.54) is 0 Å². The molecule has 0 radical (unpaired) electrons. The molecule has 1 aromatic carbocycles. The van der Waals surface area contributed by atoms with Gasteiger partial charge in [0.2, 0.25) is 5.91 Å². The van der Waals surface area contributed by atoms with Crippen molar-refractivity contribution in [2.24, 2.45) is 5.92 Å². The molecule has 1 fully saturated rings. The van der Waals surface area contributed by atoms with Crippen LogP contribution >= 0.6 is 0 Å². The molecule has 1 heterocycles. The second-order valence-corrected chi connectivity index (χ2v) is 4.38. The van der Waals surface area contributed by atoms with E-state index in [1.54, 1.807) is 0 Å². The number of carbonyl (C=O) groups is 1. The van der Waals surface area contributed by atoms with Gasteiger partial charge in [-0.15, -0.1) is 0 Å². The third-order valence-electron chi connectivity index (χ3n) is 3.10. The molecule has 17 heavy (non-hydrogen) atoms. The average molecular weight is 234 g/mol. The van der Waals surface area contributed by atoms with Gasteiger partial charge in [0.05, 0.1) is 12.5 Å². The lowest BCUT2D eigenvalue weighted by Crippen LogP contribution is -2.31. The van der Waals surface area contributed by atoms with Crippen molar-refractivity contribution >= 4 is 5.91 Å². The number of aliphatic hydroxyl groups excluding tert-OH is 1. The monoisotopic (exact) mass is 234 g/mol. The van der Waals surface area contributed by atoms with E-state index >= 15 is 0 Å². The molecule has 1 unspecified atom stereocenters. The van der Waals surface area contributed by atoms with Crippen molar-refractivity contribution in [1.29, 1.82) is 0 Å². The van der Waals surface area contributed by atoms with E-state index in [0.717, 1.165) is 30.6 Å². The minimum atomic E-state index is 0.0559. The van der Waals surface area contributed by atoms with Crippen molar-refractivity contribution in [3.8, 4) is 0 Å². The number of nitrogens with one attached hydrogen (secondary N) is 2. The molecule has 1 saturated heterocycles. The van der Waals surface area contributed by atoms with Crippen LogP contribution in [0.4, 0.5) is 0 Å². The molecule has 92 valence electrons. The zero-order chi connectivity index (χ0) is 12.1. The van der Waals surface area contributed by atoms with Crippen LogP contribution in [0, 0.1) is 5.92 Å². The van der Waals surface area contributed by atoms with Gasteiger partial charge in [-0.2, -0.15) is 0 Å². The zero-order valence-electron chi connectivity index (χ0n) is 9.78. The number of aliphatic hydroxyl groups is 1. The van der Waals surface area contributed by atoms with Crippen LogP contribution in [0.3, 0.4) is 0 Å². The summed E-state index contributed by atoms with van der Waals surface area (Å²) in [5.41, 5.74) is 1.95. The lowest BCUT2D eigenvalue weighted by Gasteiger charge is -2.10. The van der Waals surface area contributed by atoms with E-state index in [-0.39, 0.29) is 18.4 Å². The van der Waals surface area contributed by atoms with Crippen molar-refractivity contribution in [3.63, 3.8) is 0 Å². The van der Waals surface area contributed by atoms with E-state index in [1.807, 2.05) is 24.3 Å². The summed E-state index contributed by atoms with van der Waals surface area (Å²) >= 11 is 0. The van der Waals surface area contributed by atoms with Gasteiger partial charge in [-0.05, 0) is 24.1 Å². The highest BCUT2D eigenvalue weighted by atomic mass is 16.3. The molecule has 0 aromatic heterocycles. The number of amides is 1. The van der Waals surface area contributed by atoms with E-state index in [4.69, 9.17) is 5.11 Å². The fourth-order valence-corrected chi connectivity index (χ4v) is 1.97. The van der Waals surface area contributed by atoms with Gasteiger partial charge in [0, 0.05) is 13.1 Å². The van der Waals surface area contributed by atoms with Gasteiger partial charge in [-0.3, -0.25) is 4.79 Å². The summed E-state index contributed by atoms with van der Waals surface area (Å²) in [6.07, 6.45) is 0.926. The molecule has 0 aliphatic carbocycles. The number of benzene rings is 1. The summed E-state index contributed by atoms with van der Waals surface area (Å²) in [4.78, 5) is 11.8. The number of rotatable bonds is 4. The number of hydrogen-bond acceptors (Lipinski definition) is 3. The smallest absolute Gasteiger partial charge is 0.224 e. The molecule has 1 aliphatic rings. The normalized spacial score (nSPS) is 19.2. The molecular formula is C13H18N2O2. The first-order valence-corrected chi connectivity index (χ1v) is 5.96. The second-order valence-electron chi connectivity index (χ2n) is 4.38. The van der Waals surface area contributed by atoms with Crippen molar-refractivity contribution < 1.29 is 9.90 Å². The molecule has 1 atom stereocenters. The Balaban J connectivity index is 1.82. The van der Waals surface area contributed by atoms with Gasteiger partial charge >= 0.3 is 0 Å². The Labute approximate surface area is 101 Å². The van der Waals surface area contributed by atoms with Gasteiger partial charge in [0.25, 0.3) is 0 Å². The van der Waals surface area contributed by atoms with E-state index in [2.05, 4.69) is 10.6 Å². The number of carbonyl (C=O) groups excluding carboxylic acids is 1. The first-order chi connectivity index (χ1) is 8.29. The Morgan fingerprint density at radius 3 is 2.65 bits per heavy atom. The molecule has 0 spiro atoms. The molecule has 1 aliphatic heterocycles. The quantitative estimate of drug-likeness (QED) is 0.707. The van der Waals surface area contributed by atoms with E-state index < -0.39 is 0 Å². The summed E-state index contributed by atoms with van der Waals surface area (Å²) in [7, 11) is 0. The Morgan fingerprint density at radius 1 is 1.35 bits per heavy atom. The minimum absolute atomic E-state index is 0.0559. The van der Waals surface area contributed by atoms with Crippen LogP contribution in [-0.2, 0) is 17.9 Å². The van der Waals surface area contributed by atoms with E-state index in [0.29, 0.717) is 6.54 Å². The molecule has 0 saturated carbocycles. The largest absolute Gasteiger partial charge is 0.392 e. The van der Waals surface area contributed by atoms with Crippen molar-refractivity contribution in [2.45, 2.75) is 19.6 Å². The molecule has 0 bridgehead atoms. The lowest BCUT2D eigenvalue weighted by atomic mass is 10.1. The molecule has 1 amide bonds. The molecule has 4 heteroatoms. The number of hydrogen-bond donors (Lipinski definition) is 3. The van der Waals surface area contributed by atoms with Crippen molar-refractivity contribution in [2.75, 3.05) is 13.1 Å². The van der Waals surface area contributed by atoms with E-state index in [9.17, 15) is 4.79 Å². The van der Waals surface area contributed by atoms with Crippen LogP contribution in [-0.4, -0.2) is 24.1 Å². The van der Waals surface area contributed by atoms with Crippen LogP contribution in [0.2, 0.25) is 0 Å². The molecule has 1 aromatic rings. The van der Waals surface area contributed by atoms with Crippen molar-refractivity contribution in [1.82, 2.24) is 10.6 Å².